The Hall–Kier alpha value is -3.82. The predicted octanol–water partition coefficient (Wildman–Crippen LogP) is 3.69. The Morgan fingerprint density at radius 1 is 1.06 bits per heavy atom. The number of rotatable bonds is 12. The van der Waals surface area contributed by atoms with E-state index in [2.05, 4.69) is 0 Å². The van der Waals surface area contributed by atoms with Gasteiger partial charge in [-0.15, -0.1) is 0 Å². The number of hydrogen-bond acceptors (Lipinski definition) is 8. The number of benzene rings is 2. The number of carbonyl (C=O) groups is 1. The normalized spacial score (nSPS) is 10.8. The van der Waals surface area contributed by atoms with Crippen molar-refractivity contribution in [1.29, 1.82) is 0 Å². The molecule has 1 heterocycles. The number of nitro groups is 1. The quantitative estimate of drug-likeness (QED) is 0.179. The van der Waals surface area contributed by atoms with Crippen LogP contribution >= 0.6 is 0 Å². The van der Waals surface area contributed by atoms with Gasteiger partial charge in [-0.25, -0.2) is 4.79 Å². The highest BCUT2D eigenvalue weighted by Crippen LogP contribution is 2.20. The third-order valence-electron chi connectivity index (χ3n) is 4.54. The van der Waals surface area contributed by atoms with E-state index in [1.165, 1.54) is 22.8 Å². The Kier molecular flexibility index (Phi) is 7.85. The van der Waals surface area contributed by atoms with E-state index in [0.717, 1.165) is 12.2 Å². The van der Waals surface area contributed by atoms with Crippen LogP contribution in [0.3, 0.4) is 0 Å². The van der Waals surface area contributed by atoms with Gasteiger partial charge in [-0.2, -0.15) is 0 Å². The molecule has 32 heavy (non-hydrogen) atoms. The first-order valence-electron chi connectivity index (χ1n) is 10.3. The molecule has 0 N–H and O–H groups in total. The van der Waals surface area contributed by atoms with Gasteiger partial charge in [0.25, 0.3) is 5.69 Å². The fraction of sp³-hybridized carbons (Fsp3) is 0.364. The molecule has 170 valence electrons. The highest BCUT2D eigenvalue weighted by Gasteiger charge is 2.14. The molecular formula is C22H24N2O8. The van der Waals surface area contributed by atoms with Crippen molar-refractivity contribution in [1.82, 2.24) is 4.57 Å². The smallest absolute Gasteiger partial charge is 0.419 e. The van der Waals surface area contributed by atoms with Gasteiger partial charge < -0.3 is 18.6 Å². The Labute approximate surface area is 183 Å². The largest absolute Gasteiger partial charge is 0.494 e. The van der Waals surface area contributed by atoms with Crippen LogP contribution in [-0.2, 0) is 16.1 Å². The molecule has 0 saturated heterocycles. The van der Waals surface area contributed by atoms with Crippen LogP contribution < -0.4 is 15.2 Å². The minimum Gasteiger partial charge on any atom is -0.494 e. The molecule has 0 saturated carbocycles. The minimum absolute atomic E-state index is 0.102. The standard InChI is InChI=1S/C22H24N2O8/c1-2-12-29-17-6-8-18(9-7-17)30-13-14-31-21(25)4-3-11-23-19-10-5-16(24(27)28)15-20(19)32-22(23)26/h5-10,15H,2-4,11-14H2,1H3. The van der Waals surface area contributed by atoms with E-state index in [4.69, 9.17) is 18.6 Å². The number of fused-ring (bicyclic) bond motifs is 1. The maximum atomic E-state index is 12.0. The number of carbonyl (C=O) groups excluding carboxylic acids is 1. The molecule has 10 heteroatoms. The Morgan fingerprint density at radius 3 is 2.41 bits per heavy atom. The van der Waals surface area contributed by atoms with Crippen LogP contribution in [0.25, 0.3) is 11.1 Å². The third kappa shape index (κ3) is 6.10. The molecule has 0 fully saturated rings. The number of hydrogen-bond donors (Lipinski definition) is 0. The Bertz CT molecular complexity index is 1120. The summed E-state index contributed by atoms with van der Waals surface area (Å²) in [5, 5.41) is 10.8. The van der Waals surface area contributed by atoms with Crippen LogP contribution in [0.1, 0.15) is 26.2 Å². The first-order valence-corrected chi connectivity index (χ1v) is 10.3. The molecule has 0 spiro atoms. The van der Waals surface area contributed by atoms with Gasteiger partial charge in [-0.3, -0.25) is 19.5 Å². The summed E-state index contributed by atoms with van der Waals surface area (Å²) in [6.07, 6.45) is 1.39. The van der Waals surface area contributed by atoms with Gasteiger partial charge in [0.2, 0.25) is 0 Å². The summed E-state index contributed by atoms with van der Waals surface area (Å²) in [6.45, 7) is 3.23. The van der Waals surface area contributed by atoms with Crippen molar-refractivity contribution in [3.63, 3.8) is 0 Å². The van der Waals surface area contributed by atoms with Crippen molar-refractivity contribution >= 4 is 22.8 Å². The fourth-order valence-corrected chi connectivity index (χ4v) is 3.00. The van der Waals surface area contributed by atoms with Gasteiger partial charge in [0.1, 0.15) is 24.7 Å². The maximum Gasteiger partial charge on any atom is 0.419 e. The second-order valence-electron chi connectivity index (χ2n) is 6.92. The fourth-order valence-electron chi connectivity index (χ4n) is 3.00. The molecule has 10 nitrogen and oxygen atoms in total. The lowest BCUT2D eigenvalue weighted by Gasteiger charge is -2.09. The molecular weight excluding hydrogens is 420 g/mol. The first kappa shape index (κ1) is 22.9. The van der Waals surface area contributed by atoms with Crippen molar-refractivity contribution in [2.75, 3.05) is 19.8 Å². The van der Waals surface area contributed by atoms with Gasteiger partial charge in [0.15, 0.2) is 5.58 Å². The van der Waals surface area contributed by atoms with Crippen molar-refractivity contribution < 1.29 is 28.3 Å². The third-order valence-corrected chi connectivity index (χ3v) is 4.54. The molecule has 2 aromatic carbocycles. The highest BCUT2D eigenvalue weighted by atomic mass is 16.6. The summed E-state index contributed by atoms with van der Waals surface area (Å²) in [5.41, 5.74) is 0.410. The number of esters is 1. The molecule has 3 rings (SSSR count). The molecule has 0 aliphatic heterocycles. The van der Waals surface area contributed by atoms with Gasteiger partial charge in [-0.1, -0.05) is 6.92 Å². The molecule has 0 amide bonds. The van der Waals surface area contributed by atoms with E-state index in [-0.39, 0.29) is 37.4 Å². The number of non-ortho nitro benzene ring substituents is 1. The van der Waals surface area contributed by atoms with Crippen LogP contribution in [0.5, 0.6) is 11.5 Å². The summed E-state index contributed by atoms with van der Waals surface area (Å²) in [7, 11) is 0. The molecule has 0 aliphatic rings. The van der Waals surface area contributed by atoms with Crippen molar-refractivity contribution in [3.05, 3.63) is 63.1 Å². The van der Waals surface area contributed by atoms with Crippen molar-refractivity contribution in [2.24, 2.45) is 0 Å². The predicted molar refractivity (Wildman–Crippen MR) is 115 cm³/mol. The minimum atomic E-state index is -0.631. The second kappa shape index (κ2) is 11.0. The number of oxazole rings is 1. The lowest BCUT2D eigenvalue weighted by Crippen LogP contribution is -2.16. The zero-order valence-electron chi connectivity index (χ0n) is 17.7. The first-order chi connectivity index (χ1) is 15.5. The average Bonchev–Trinajstić information content (AvgIpc) is 3.10. The topological polar surface area (TPSA) is 123 Å². The van der Waals surface area contributed by atoms with Crippen molar-refractivity contribution in [2.45, 2.75) is 32.7 Å². The molecule has 0 unspecified atom stereocenters. The van der Waals surface area contributed by atoms with E-state index < -0.39 is 16.6 Å². The van der Waals surface area contributed by atoms with Gasteiger partial charge in [-0.05, 0) is 43.2 Å². The van der Waals surface area contributed by atoms with Crippen LogP contribution in [0.15, 0.2) is 51.7 Å². The molecule has 0 aliphatic carbocycles. The number of ether oxygens (including phenoxy) is 3. The lowest BCUT2D eigenvalue weighted by molar-refractivity contribution is -0.384. The monoisotopic (exact) mass is 444 g/mol. The number of nitrogens with zero attached hydrogens (tertiary/aromatic N) is 2. The van der Waals surface area contributed by atoms with Gasteiger partial charge in [0.05, 0.1) is 23.1 Å². The Balaban J connectivity index is 1.39. The molecule has 0 atom stereocenters. The molecule has 1 aromatic heterocycles. The summed E-state index contributed by atoms with van der Waals surface area (Å²) in [5.74, 6) is 0.381. The number of aryl methyl sites for hydroxylation is 1. The molecule has 0 radical (unpaired) electrons. The van der Waals surface area contributed by atoms with E-state index >= 15 is 0 Å². The molecule has 0 bridgehead atoms. The average molecular weight is 444 g/mol. The zero-order chi connectivity index (χ0) is 22.9. The van der Waals surface area contributed by atoms with Crippen LogP contribution in [0.4, 0.5) is 5.69 Å². The van der Waals surface area contributed by atoms with Crippen LogP contribution in [0, 0.1) is 10.1 Å². The zero-order valence-corrected chi connectivity index (χ0v) is 17.7. The van der Waals surface area contributed by atoms with E-state index in [0.29, 0.717) is 24.3 Å². The summed E-state index contributed by atoms with van der Waals surface area (Å²) >= 11 is 0. The summed E-state index contributed by atoms with van der Waals surface area (Å²) in [4.78, 5) is 34.2. The van der Waals surface area contributed by atoms with E-state index in [1.54, 1.807) is 12.1 Å². The summed E-state index contributed by atoms with van der Waals surface area (Å²) < 4.78 is 22.6. The van der Waals surface area contributed by atoms with Crippen LogP contribution in [-0.4, -0.2) is 35.3 Å². The van der Waals surface area contributed by atoms with Gasteiger partial charge >= 0.3 is 11.7 Å². The second-order valence-corrected chi connectivity index (χ2v) is 6.92. The SMILES string of the molecule is CCCOc1ccc(OCCOC(=O)CCCn2c(=O)oc3cc([N+](=O)[O-])ccc32)cc1. The maximum absolute atomic E-state index is 12.0. The number of nitro benzene ring substituents is 1. The van der Waals surface area contributed by atoms with Crippen LogP contribution in [0.2, 0.25) is 0 Å². The van der Waals surface area contributed by atoms with Gasteiger partial charge in [0, 0.05) is 19.0 Å². The van der Waals surface area contributed by atoms with E-state index in [1.807, 2.05) is 19.1 Å². The van der Waals surface area contributed by atoms with Crippen molar-refractivity contribution in [3.8, 4) is 11.5 Å². The summed E-state index contributed by atoms with van der Waals surface area (Å²) in [6, 6.07) is 11.2. The lowest BCUT2D eigenvalue weighted by atomic mass is 10.2. The molecule has 3 aromatic rings. The van der Waals surface area contributed by atoms with E-state index in [9.17, 15) is 19.7 Å². The number of aromatic nitrogens is 1. The highest BCUT2D eigenvalue weighted by molar-refractivity contribution is 5.75. The Morgan fingerprint density at radius 2 is 1.75 bits per heavy atom.